The zero-order valence-corrected chi connectivity index (χ0v) is 22.0. The number of aliphatic hydroxyl groups is 1. The van der Waals surface area contributed by atoms with E-state index in [2.05, 4.69) is 20.9 Å². The molecule has 0 bridgehead atoms. The van der Waals surface area contributed by atoms with Crippen molar-refractivity contribution in [2.45, 2.75) is 25.5 Å². The second-order valence-electron chi connectivity index (χ2n) is 8.78. The summed E-state index contributed by atoms with van der Waals surface area (Å²) in [5.74, 6) is -0.970. The molecule has 0 spiro atoms. The van der Waals surface area contributed by atoms with Gasteiger partial charge in [-0.3, -0.25) is 14.5 Å². The molecule has 9 heteroatoms. The minimum absolute atomic E-state index is 0.0199. The maximum Gasteiger partial charge on any atom is 0.301 e. The molecule has 1 N–H and O–H groups in total. The predicted octanol–water partition coefficient (Wildman–Crippen LogP) is 6.66. The summed E-state index contributed by atoms with van der Waals surface area (Å²) >= 11 is 10.9. The first kappa shape index (κ1) is 23.2. The van der Waals surface area contributed by atoms with Crippen LogP contribution in [0.3, 0.4) is 0 Å². The molecule has 2 atom stereocenters. The van der Waals surface area contributed by atoms with E-state index in [9.17, 15) is 14.7 Å². The highest BCUT2D eigenvalue weighted by atomic mass is 79.9. The van der Waals surface area contributed by atoms with Gasteiger partial charge < -0.3 is 9.84 Å². The van der Waals surface area contributed by atoms with E-state index in [1.807, 2.05) is 37.3 Å². The molecule has 3 aromatic carbocycles. The summed E-state index contributed by atoms with van der Waals surface area (Å²) in [6, 6.07) is 17.1. The normalized spacial score (nSPS) is 20.7. The molecule has 0 saturated carbocycles. The third kappa shape index (κ3) is 3.80. The van der Waals surface area contributed by atoms with Gasteiger partial charge in [-0.15, -0.1) is 0 Å². The largest absolute Gasteiger partial charge is 0.507 e. The van der Waals surface area contributed by atoms with E-state index in [0.717, 1.165) is 20.5 Å². The van der Waals surface area contributed by atoms with Crippen LogP contribution in [0.15, 0.2) is 70.7 Å². The lowest BCUT2D eigenvalue weighted by molar-refractivity contribution is -0.132. The third-order valence-corrected chi connectivity index (χ3v) is 8.13. The quantitative estimate of drug-likeness (QED) is 0.166. The Morgan fingerprint density at radius 1 is 1.14 bits per heavy atom. The molecule has 36 heavy (non-hydrogen) atoms. The van der Waals surface area contributed by atoms with Crippen LogP contribution in [0.5, 0.6) is 5.75 Å². The van der Waals surface area contributed by atoms with Crippen LogP contribution in [-0.2, 0) is 16.0 Å². The molecule has 3 heterocycles. The highest BCUT2D eigenvalue weighted by Gasteiger charge is 2.48. The second kappa shape index (κ2) is 8.73. The summed E-state index contributed by atoms with van der Waals surface area (Å²) in [4.78, 5) is 32.8. The van der Waals surface area contributed by atoms with Gasteiger partial charge in [0.15, 0.2) is 5.13 Å². The number of fused-ring (bicyclic) bond motifs is 2. The number of rotatable bonds is 3. The number of halogens is 2. The molecule has 4 aromatic rings. The Morgan fingerprint density at radius 2 is 1.92 bits per heavy atom. The van der Waals surface area contributed by atoms with Crippen molar-refractivity contribution in [1.29, 1.82) is 0 Å². The molecular formula is C27H18BrClN2O4S. The monoisotopic (exact) mass is 580 g/mol. The highest BCUT2D eigenvalue weighted by molar-refractivity contribution is 9.10. The molecule has 2 unspecified atom stereocenters. The number of ketones is 1. The highest BCUT2D eigenvalue weighted by Crippen LogP contribution is 2.45. The lowest BCUT2D eigenvalue weighted by Crippen LogP contribution is -2.29. The smallest absolute Gasteiger partial charge is 0.301 e. The van der Waals surface area contributed by atoms with Crippen LogP contribution in [0.25, 0.3) is 16.0 Å². The summed E-state index contributed by atoms with van der Waals surface area (Å²) in [5, 5.41) is 12.3. The zero-order valence-electron chi connectivity index (χ0n) is 18.9. The fourth-order valence-electron chi connectivity index (χ4n) is 4.70. The van der Waals surface area contributed by atoms with E-state index in [-0.39, 0.29) is 17.4 Å². The Kier molecular flexibility index (Phi) is 5.63. The summed E-state index contributed by atoms with van der Waals surface area (Å²) in [6.45, 7) is 1.98. The van der Waals surface area contributed by atoms with Crippen molar-refractivity contribution in [3.8, 4) is 5.75 Å². The molecule has 6 rings (SSSR count). The van der Waals surface area contributed by atoms with E-state index < -0.39 is 17.7 Å². The average Bonchev–Trinajstić information content (AvgIpc) is 3.51. The van der Waals surface area contributed by atoms with Gasteiger partial charge in [0, 0.05) is 21.5 Å². The predicted molar refractivity (Wildman–Crippen MR) is 144 cm³/mol. The topological polar surface area (TPSA) is 79.7 Å². The Labute approximate surface area is 223 Å². The van der Waals surface area contributed by atoms with E-state index in [4.69, 9.17) is 16.3 Å². The minimum atomic E-state index is -0.849. The van der Waals surface area contributed by atoms with Crippen molar-refractivity contribution < 1.29 is 19.4 Å². The van der Waals surface area contributed by atoms with Crippen molar-refractivity contribution >= 4 is 71.7 Å². The van der Waals surface area contributed by atoms with Gasteiger partial charge in [-0.2, -0.15) is 0 Å². The standard InChI is InChI=1S/C27H18BrClN2O4S/c1-13-10-16-11-15(4-9-20(16)35-13)24(32)22-23(14-2-5-17(28)6-3-14)31(26(34)25(22)33)27-30-19-8-7-18(29)12-21(19)36-27/h2-9,11-13,23,32H,10H2,1H3/b24-22+. The van der Waals surface area contributed by atoms with Crippen molar-refractivity contribution in [3.05, 3.63) is 92.4 Å². The summed E-state index contributed by atoms with van der Waals surface area (Å²) in [6.07, 6.45) is 0.744. The van der Waals surface area contributed by atoms with Gasteiger partial charge in [-0.1, -0.05) is 51.0 Å². The molecular weight excluding hydrogens is 564 g/mol. The van der Waals surface area contributed by atoms with Crippen LogP contribution in [-0.4, -0.2) is 27.9 Å². The SMILES string of the molecule is CC1Cc2cc(/C(O)=C3\C(=O)C(=O)N(c4nc5ccc(Cl)cc5s4)C3c3ccc(Br)cc3)ccc2O1. The van der Waals surface area contributed by atoms with Crippen molar-refractivity contribution in [3.63, 3.8) is 0 Å². The van der Waals surface area contributed by atoms with Gasteiger partial charge in [-0.05, 0) is 66.6 Å². The van der Waals surface area contributed by atoms with E-state index >= 15 is 0 Å². The number of Topliss-reactive ketones (excluding diaryl/α,β-unsaturated/α-hetero) is 1. The number of aliphatic hydroxyl groups excluding tert-OH is 1. The molecule has 2 aliphatic heterocycles. The fourth-order valence-corrected chi connectivity index (χ4v) is 6.24. The molecule has 2 aliphatic rings. The number of carbonyl (C=O) groups is 2. The maximum atomic E-state index is 13.4. The molecule has 1 amide bonds. The first-order chi connectivity index (χ1) is 17.3. The van der Waals surface area contributed by atoms with E-state index in [1.54, 1.807) is 30.3 Å². The van der Waals surface area contributed by atoms with Crippen molar-refractivity contribution in [2.75, 3.05) is 4.90 Å². The van der Waals surface area contributed by atoms with Gasteiger partial charge in [-0.25, -0.2) is 4.98 Å². The fraction of sp³-hybridized carbons (Fsp3) is 0.148. The minimum Gasteiger partial charge on any atom is -0.507 e. The number of benzene rings is 3. The lowest BCUT2D eigenvalue weighted by atomic mass is 9.94. The van der Waals surface area contributed by atoms with Crippen molar-refractivity contribution in [1.82, 2.24) is 4.98 Å². The molecule has 1 fully saturated rings. The molecule has 1 saturated heterocycles. The van der Waals surface area contributed by atoms with Crippen LogP contribution in [0.1, 0.15) is 29.7 Å². The van der Waals surface area contributed by atoms with Crippen molar-refractivity contribution in [2.24, 2.45) is 0 Å². The van der Waals surface area contributed by atoms with Crippen LogP contribution in [0.4, 0.5) is 5.13 Å². The van der Waals surface area contributed by atoms with Gasteiger partial charge in [0.2, 0.25) is 0 Å². The second-order valence-corrected chi connectivity index (χ2v) is 11.1. The number of carbonyl (C=O) groups excluding carboxylic acids is 2. The zero-order chi connectivity index (χ0) is 25.1. The summed E-state index contributed by atoms with van der Waals surface area (Å²) in [5.41, 5.74) is 2.77. The van der Waals surface area contributed by atoms with Crippen LogP contribution >= 0.6 is 38.9 Å². The Bertz CT molecular complexity index is 1600. The Balaban J connectivity index is 1.53. The van der Waals surface area contributed by atoms with Gasteiger partial charge in [0.25, 0.3) is 5.78 Å². The average molecular weight is 582 g/mol. The molecule has 180 valence electrons. The number of hydrogen-bond acceptors (Lipinski definition) is 6. The maximum absolute atomic E-state index is 13.4. The molecule has 6 nitrogen and oxygen atoms in total. The number of aromatic nitrogens is 1. The number of ether oxygens (including phenoxy) is 1. The molecule has 1 aromatic heterocycles. The Hall–Kier alpha value is -3.20. The number of amides is 1. The number of hydrogen-bond donors (Lipinski definition) is 1. The first-order valence-electron chi connectivity index (χ1n) is 11.2. The van der Waals surface area contributed by atoms with E-state index in [1.165, 1.54) is 16.2 Å². The third-order valence-electron chi connectivity index (χ3n) is 6.34. The van der Waals surface area contributed by atoms with Gasteiger partial charge in [0.1, 0.15) is 17.6 Å². The van der Waals surface area contributed by atoms with Crippen LogP contribution in [0.2, 0.25) is 5.02 Å². The first-order valence-corrected chi connectivity index (χ1v) is 13.2. The number of nitrogens with zero attached hydrogens (tertiary/aromatic N) is 2. The van der Waals surface area contributed by atoms with Gasteiger partial charge in [0.05, 0.1) is 21.8 Å². The lowest BCUT2D eigenvalue weighted by Gasteiger charge is -2.23. The summed E-state index contributed by atoms with van der Waals surface area (Å²) < 4.78 is 7.42. The summed E-state index contributed by atoms with van der Waals surface area (Å²) in [7, 11) is 0. The number of anilines is 1. The Morgan fingerprint density at radius 3 is 2.69 bits per heavy atom. The van der Waals surface area contributed by atoms with Gasteiger partial charge >= 0.3 is 5.91 Å². The van der Waals surface area contributed by atoms with E-state index in [0.29, 0.717) is 33.2 Å². The molecule has 0 aliphatic carbocycles. The van der Waals surface area contributed by atoms with Crippen LogP contribution < -0.4 is 9.64 Å². The number of thiazole rings is 1. The van der Waals surface area contributed by atoms with Crippen LogP contribution in [0, 0.1) is 0 Å². The molecule has 0 radical (unpaired) electrons.